The van der Waals surface area contributed by atoms with Crippen LogP contribution >= 0.6 is 46.4 Å². The van der Waals surface area contributed by atoms with Gasteiger partial charge in [-0.05, 0) is 36.4 Å². The van der Waals surface area contributed by atoms with Gasteiger partial charge in [0.15, 0.2) is 5.84 Å². The third kappa shape index (κ3) is 5.07. The van der Waals surface area contributed by atoms with E-state index in [0.717, 1.165) is 6.21 Å². The Balaban J connectivity index is 2.35. The molecule has 0 fully saturated rings. The molecule has 114 valence electrons. The molecule has 0 saturated heterocycles. The number of halogens is 4. The van der Waals surface area contributed by atoms with Gasteiger partial charge in [0.1, 0.15) is 6.21 Å². The number of nitrogens with one attached hydrogen (secondary N) is 1. The van der Waals surface area contributed by atoms with Crippen molar-refractivity contribution in [3.05, 3.63) is 56.5 Å². The molecule has 8 heteroatoms. The molecular formula is C14H9Cl4N3O. The summed E-state index contributed by atoms with van der Waals surface area (Å²) < 4.78 is 0. The minimum absolute atomic E-state index is 0.249. The second-order valence-corrected chi connectivity index (χ2v) is 5.90. The normalized spacial score (nSPS) is 11.9. The molecule has 0 heterocycles. The zero-order chi connectivity index (χ0) is 16.1. The monoisotopic (exact) mass is 375 g/mol. The van der Waals surface area contributed by atoms with Crippen LogP contribution in [0, 0.1) is 0 Å². The molecule has 4 nitrogen and oxygen atoms in total. The number of nitrogens with zero attached hydrogens (tertiary/aromatic N) is 2. The number of hydrogen-bond acceptors (Lipinski definition) is 3. The topological polar surface area (TPSA) is 57.0 Å². The molecule has 0 atom stereocenters. The van der Waals surface area contributed by atoms with E-state index in [4.69, 9.17) is 51.6 Å². The first kappa shape index (κ1) is 16.9. The first-order valence-electron chi connectivity index (χ1n) is 5.91. The average Bonchev–Trinajstić information content (AvgIpc) is 2.36. The Morgan fingerprint density at radius 1 is 0.864 bits per heavy atom. The van der Waals surface area contributed by atoms with Crippen molar-refractivity contribution in [2.24, 2.45) is 10.1 Å². The van der Waals surface area contributed by atoms with E-state index >= 15 is 0 Å². The minimum Gasteiger partial charge on any atom is -0.411 e. The lowest BCUT2D eigenvalue weighted by atomic mass is 10.3. The van der Waals surface area contributed by atoms with E-state index in [9.17, 15) is 0 Å². The van der Waals surface area contributed by atoms with Crippen molar-refractivity contribution in [2.45, 2.75) is 0 Å². The number of amidine groups is 1. The highest BCUT2D eigenvalue weighted by atomic mass is 35.5. The second-order valence-electron chi connectivity index (χ2n) is 4.15. The van der Waals surface area contributed by atoms with Gasteiger partial charge in [-0.2, -0.15) is 0 Å². The summed E-state index contributed by atoms with van der Waals surface area (Å²) >= 11 is 23.7. The van der Waals surface area contributed by atoms with Gasteiger partial charge in [-0.3, -0.25) is 0 Å². The molecular weight excluding hydrogens is 368 g/mol. The van der Waals surface area contributed by atoms with Crippen LogP contribution < -0.4 is 5.32 Å². The summed E-state index contributed by atoms with van der Waals surface area (Å²) in [5.41, 5.74) is 1.08. The van der Waals surface area contributed by atoms with Crippen molar-refractivity contribution in [3.8, 4) is 0 Å². The van der Waals surface area contributed by atoms with Gasteiger partial charge in [-0.15, -0.1) is 0 Å². The highest BCUT2D eigenvalue weighted by Gasteiger charge is 2.03. The number of oxime groups is 1. The lowest BCUT2D eigenvalue weighted by Crippen LogP contribution is -2.13. The molecule has 2 N–H and O–H groups in total. The Labute approximate surface area is 147 Å². The van der Waals surface area contributed by atoms with Gasteiger partial charge in [0.25, 0.3) is 0 Å². The molecule has 2 aromatic rings. The van der Waals surface area contributed by atoms with Gasteiger partial charge in [-0.1, -0.05) is 51.6 Å². The maximum atomic E-state index is 8.76. The minimum atomic E-state index is 0.249. The largest absolute Gasteiger partial charge is 0.411 e. The van der Waals surface area contributed by atoms with Gasteiger partial charge in [0.2, 0.25) is 0 Å². The van der Waals surface area contributed by atoms with Crippen molar-refractivity contribution in [3.63, 3.8) is 0 Å². The second kappa shape index (κ2) is 7.70. The van der Waals surface area contributed by atoms with Gasteiger partial charge in [-0.25, -0.2) is 4.99 Å². The maximum Gasteiger partial charge on any atom is 0.152 e. The van der Waals surface area contributed by atoms with Crippen LogP contribution in [0.15, 0.2) is 46.5 Å². The summed E-state index contributed by atoms with van der Waals surface area (Å²) in [6.07, 6.45) is 1.13. The molecule has 0 aliphatic carbocycles. The van der Waals surface area contributed by atoms with Gasteiger partial charge in [0, 0.05) is 25.8 Å². The van der Waals surface area contributed by atoms with Crippen molar-refractivity contribution < 1.29 is 5.21 Å². The highest BCUT2D eigenvalue weighted by molar-refractivity contribution is 6.38. The zero-order valence-electron chi connectivity index (χ0n) is 10.9. The fourth-order valence-electron chi connectivity index (χ4n) is 1.66. The quantitative estimate of drug-likeness (QED) is 0.303. The average molecular weight is 377 g/mol. The molecule has 22 heavy (non-hydrogen) atoms. The number of hydrogen-bond donors (Lipinski definition) is 2. The summed E-state index contributed by atoms with van der Waals surface area (Å²) in [7, 11) is 0. The molecule has 0 unspecified atom stereocenters. The Morgan fingerprint density at radius 2 is 1.36 bits per heavy atom. The van der Waals surface area contributed by atoms with Crippen LogP contribution in [0.5, 0.6) is 0 Å². The van der Waals surface area contributed by atoms with Crippen LogP contribution in [0.1, 0.15) is 0 Å². The van der Waals surface area contributed by atoms with Crippen molar-refractivity contribution >= 4 is 69.8 Å². The van der Waals surface area contributed by atoms with Gasteiger partial charge < -0.3 is 10.5 Å². The summed E-state index contributed by atoms with van der Waals surface area (Å²) in [5, 5.41) is 16.5. The first-order chi connectivity index (χ1) is 10.5. The predicted molar refractivity (Wildman–Crippen MR) is 93.9 cm³/mol. The number of benzene rings is 2. The van der Waals surface area contributed by atoms with E-state index < -0.39 is 0 Å². The van der Waals surface area contributed by atoms with E-state index in [0.29, 0.717) is 31.5 Å². The van der Waals surface area contributed by atoms with Crippen molar-refractivity contribution in [1.29, 1.82) is 0 Å². The Hall–Kier alpha value is -1.46. The van der Waals surface area contributed by atoms with Gasteiger partial charge >= 0.3 is 0 Å². The predicted octanol–water partition coefficient (Wildman–Crippen LogP) is 5.90. The third-order valence-electron chi connectivity index (χ3n) is 2.41. The third-order valence-corrected chi connectivity index (χ3v) is 3.28. The van der Waals surface area contributed by atoms with E-state index in [1.165, 1.54) is 0 Å². The smallest absolute Gasteiger partial charge is 0.152 e. The lowest BCUT2D eigenvalue weighted by molar-refractivity contribution is 0.322. The molecule has 2 rings (SSSR count). The van der Waals surface area contributed by atoms with Crippen LogP contribution in [-0.4, -0.2) is 17.3 Å². The van der Waals surface area contributed by atoms with Gasteiger partial charge in [0.05, 0.1) is 5.69 Å². The summed E-state index contributed by atoms with van der Waals surface area (Å²) in [6, 6.07) is 9.73. The maximum absolute atomic E-state index is 8.76. The standard InChI is InChI=1S/C14H9Cl4N3O/c15-8-1-9(16)4-12(3-8)20-14(7-19-22)21-13-5-10(17)2-11(18)6-13/h1-7,22H,(H,20,21)/b19-7+. The van der Waals surface area contributed by atoms with E-state index in [2.05, 4.69) is 15.5 Å². The van der Waals surface area contributed by atoms with Crippen LogP contribution in [-0.2, 0) is 0 Å². The summed E-state index contributed by atoms with van der Waals surface area (Å²) in [4.78, 5) is 4.27. The van der Waals surface area contributed by atoms with Crippen molar-refractivity contribution in [1.82, 2.24) is 0 Å². The number of anilines is 1. The molecule has 2 aromatic carbocycles. The first-order valence-corrected chi connectivity index (χ1v) is 7.43. The van der Waals surface area contributed by atoms with Crippen LogP contribution in [0.25, 0.3) is 0 Å². The van der Waals surface area contributed by atoms with E-state index in [-0.39, 0.29) is 5.84 Å². The van der Waals surface area contributed by atoms with Crippen LogP contribution in [0.3, 0.4) is 0 Å². The number of aliphatic imine (C=N–C) groups is 1. The van der Waals surface area contributed by atoms with Crippen molar-refractivity contribution in [2.75, 3.05) is 5.32 Å². The summed E-state index contributed by atoms with van der Waals surface area (Å²) in [6.45, 7) is 0. The van der Waals surface area contributed by atoms with Crippen LogP contribution in [0.2, 0.25) is 20.1 Å². The highest BCUT2D eigenvalue weighted by Crippen LogP contribution is 2.26. The molecule has 0 spiro atoms. The molecule has 0 aliphatic heterocycles. The lowest BCUT2D eigenvalue weighted by Gasteiger charge is -2.07. The molecule has 0 bridgehead atoms. The Morgan fingerprint density at radius 3 is 1.86 bits per heavy atom. The SMILES string of the molecule is O/N=C/C(=Nc1cc(Cl)cc(Cl)c1)Nc1cc(Cl)cc(Cl)c1. The number of rotatable bonds is 3. The fraction of sp³-hybridized carbons (Fsp3) is 0. The molecule has 0 aliphatic rings. The Kier molecular flexibility index (Phi) is 5.91. The fourth-order valence-corrected chi connectivity index (χ4v) is 2.70. The Bertz CT molecular complexity index is 706. The molecule has 0 saturated carbocycles. The van der Waals surface area contributed by atoms with E-state index in [1.54, 1.807) is 36.4 Å². The van der Waals surface area contributed by atoms with E-state index in [1.807, 2.05) is 0 Å². The zero-order valence-corrected chi connectivity index (χ0v) is 13.9. The molecule has 0 aromatic heterocycles. The summed E-state index contributed by atoms with van der Waals surface area (Å²) in [5.74, 6) is 0.249. The van der Waals surface area contributed by atoms with Crippen LogP contribution in [0.4, 0.5) is 11.4 Å². The molecule has 0 radical (unpaired) electrons. The molecule has 0 amide bonds.